The van der Waals surface area contributed by atoms with Gasteiger partial charge < -0.3 is 20.3 Å². The first-order valence-electron chi connectivity index (χ1n) is 7.60. The number of nitrogens with one attached hydrogen (secondary N) is 2. The fraction of sp³-hybridized carbons (Fsp3) is 0.500. The van der Waals surface area contributed by atoms with Crippen LogP contribution in [0.2, 0.25) is 0 Å². The normalized spacial score (nSPS) is 15.7. The van der Waals surface area contributed by atoms with Gasteiger partial charge in [0.1, 0.15) is 0 Å². The maximum atomic E-state index is 12.0. The van der Waals surface area contributed by atoms with E-state index in [2.05, 4.69) is 21.6 Å². The number of nitriles is 1. The average Bonchev–Trinajstić information content (AvgIpc) is 2.55. The number of amides is 2. The van der Waals surface area contributed by atoms with E-state index in [4.69, 9.17) is 10.00 Å². The van der Waals surface area contributed by atoms with Crippen LogP contribution in [0.15, 0.2) is 24.3 Å². The van der Waals surface area contributed by atoms with Gasteiger partial charge in [-0.3, -0.25) is 0 Å². The molecule has 1 aliphatic rings. The number of rotatable bonds is 5. The highest BCUT2D eigenvalue weighted by atomic mass is 16.5. The van der Waals surface area contributed by atoms with E-state index in [9.17, 15) is 4.79 Å². The summed E-state index contributed by atoms with van der Waals surface area (Å²) >= 11 is 0. The largest absolute Gasteiger partial charge is 0.378 e. The van der Waals surface area contributed by atoms with Gasteiger partial charge in [-0.15, -0.1) is 0 Å². The van der Waals surface area contributed by atoms with Crippen molar-refractivity contribution < 1.29 is 9.53 Å². The molecule has 0 radical (unpaired) electrons. The summed E-state index contributed by atoms with van der Waals surface area (Å²) in [6.45, 7) is 5.11. The Labute approximate surface area is 131 Å². The second-order valence-electron chi connectivity index (χ2n) is 5.22. The first kappa shape index (κ1) is 16.1. The summed E-state index contributed by atoms with van der Waals surface area (Å²) in [5.74, 6) is 0. The van der Waals surface area contributed by atoms with E-state index >= 15 is 0 Å². The van der Waals surface area contributed by atoms with Crippen LogP contribution in [0.1, 0.15) is 19.8 Å². The molecule has 1 saturated heterocycles. The summed E-state index contributed by atoms with van der Waals surface area (Å²) in [5.41, 5.74) is 1.82. The molecule has 1 aromatic carbocycles. The fourth-order valence-electron chi connectivity index (χ4n) is 2.36. The lowest BCUT2D eigenvalue weighted by atomic mass is 10.2. The molecule has 2 rings (SSSR count). The molecule has 0 unspecified atom stereocenters. The molecule has 0 aliphatic carbocycles. The van der Waals surface area contributed by atoms with Crippen LogP contribution in [-0.2, 0) is 4.74 Å². The zero-order valence-corrected chi connectivity index (χ0v) is 12.8. The van der Waals surface area contributed by atoms with Crippen molar-refractivity contribution in [2.75, 3.05) is 36.5 Å². The number of hydrogen-bond acceptors (Lipinski definition) is 4. The molecule has 1 atom stereocenters. The fourth-order valence-corrected chi connectivity index (χ4v) is 2.36. The van der Waals surface area contributed by atoms with Gasteiger partial charge in [-0.2, -0.15) is 5.26 Å². The maximum Gasteiger partial charge on any atom is 0.319 e. The average molecular weight is 302 g/mol. The molecule has 2 N–H and O–H groups in total. The molecule has 0 bridgehead atoms. The van der Waals surface area contributed by atoms with Crippen LogP contribution < -0.4 is 15.5 Å². The van der Waals surface area contributed by atoms with E-state index in [1.165, 1.54) is 0 Å². The molecule has 1 heterocycles. The summed E-state index contributed by atoms with van der Waals surface area (Å²) in [7, 11) is 0. The van der Waals surface area contributed by atoms with Gasteiger partial charge in [0.05, 0.1) is 25.7 Å². The molecular formula is C16H22N4O2. The quantitative estimate of drug-likeness (QED) is 0.875. The molecule has 0 aromatic heterocycles. The molecule has 1 aromatic rings. The van der Waals surface area contributed by atoms with Crippen LogP contribution in [0.5, 0.6) is 0 Å². The third-order valence-corrected chi connectivity index (χ3v) is 3.65. The zero-order valence-electron chi connectivity index (χ0n) is 12.8. The number of carbonyl (C=O) groups excluding carboxylic acids is 1. The summed E-state index contributed by atoms with van der Waals surface area (Å²) in [5, 5.41) is 14.3. The maximum absolute atomic E-state index is 12.0. The molecule has 22 heavy (non-hydrogen) atoms. The summed E-state index contributed by atoms with van der Waals surface area (Å²) < 4.78 is 5.35. The number of anilines is 2. The first-order chi connectivity index (χ1) is 10.7. The van der Waals surface area contributed by atoms with Crippen molar-refractivity contribution in [3.8, 4) is 6.07 Å². The third-order valence-electron chi connectivity index (χ3n) is 3.65. The Morgan fingerprint density at radius 1 is 1.45 bits per heavy atom. The van der Waals surface area contributed by atoms with Gasteiger partial charge in [-0.05, 0) is 24.6 Å². The van der Waals surface area contributed by atoms with Crippen LogP contribution in [0.3, 0.4) is 0 Å². The number of urea groups is 1. The first-order valence-corrected chi connectivity index (χ1v) is 7.60. The van der Waals surface area contributed by atoms with Gasteiger partial charge in [0.15, 0.2) is 0 Å². The van der Waals surface area contributed by atoms with E-state index in [0.717, 1.165) is 44.1 Å². The molecule has 0 spiro atoms. The van der Waals surface area contributed by atoms with Crippen LogP contribution in [-0.4, -0.2) is 38.4 Å². The highest BCUT2D eigenvalue weighted by Gasteiger charge is 2.13. The standard InChI is InChI=1S/C16H22N4O2/c1-2-13(6-7-17)18-16(21)19-14-4-3-5-15(12-14)20-8-10-22-11-9-20/h3-5,12-13H,2,6,8-11H2,1H3,(H2,18,19,21)/t13-/m1/s1. The van der Waals surface area contributed by atoms with Gasteiger partial charge in [0.2, 0.25) is 0 Å². The Balaban J connectivity index is 1.94. The molecule has 1 aliphatic heterocycles. The Bertz CT molecular complexity index is 535. The van der Waals surface area contributed by atoms with Crippen molar-refractivity contribution in [3.05, 3.63) is 24.3 Å². The molecule has 1 fully saturated rings. The third kappa shape index (κ3) is 4.64. The topological polar surface area (TPSA) is 77.4 Å². The summed E-state index contributed by atoms with van der Waals surface area (Å²) in [4.78, 5) is 14.2. The second-order valence-corrected chi connectivity index (χ2v) is 5.22. The van der Waals surface area contributed by atoms with Gasteiger partial charge >= 0.3 is 6.03 Å². The van der Waals surface area contributed by atoms with Gasteiger partial charge in [0, 0.05) is 30.5 Å². The molecular weight excluding hydrogens is 280 g/mol. The van der Waals surface area contributed by atoms with E-state index in [-0.39, 0.29) is 12.1 Å². The SMILES string of the molecule is CC[C@H](CC#N)NC(=O)Nc1cccc(N2CCOCC2)c1. The van der Waals surface area contributed by atoms with Gasteiger partial charge in [-0.1, -0.05) is 13.0 Å². The van der Waals surface area contributed by atoms with Crippen molar-refractivity contribution >= 4 is 17.4 Å². The predicted molar refractivity (Wildman–Crippen MR) is 85.9 cm³/mol. The minimum absolute atomic E-state index is 0.118. The molecule has 0 saturated carbocycles. The van der Waals surface area contributed by atoms with Crippen molar-refractivity contribution in [1.29, 1.82) is 5.26 Å². The number of benzene rings is 1. The number of nitrogens with zero attached hydrogens (tertiary/aromatic N) is 2. The van der Waals surface area contributed by atoms with Gasteiger partial charge in [-0.25, -0.2) is 4.79 Å². The molecule has 6 heteroatoms. The van der Waals surface area contributed by atoms with Crippen molar-refractivity contribution in [2.45, 2.75) is 25.8 Å². The highest BCUT2D eigenvalue weighted by molar-refractivity contribution is 5.90. The predicted octanol–water partition coefficient (Wildman–Crippen LogP) is 2.34. The number of carbonyl (C=O) groups is 1. The lowest BCUT2D eigenvalue weighted by Crippen LogP contribution is -2.37. The number of hydrogen-bond donors (Lipinski definition) is 2. The van der Waals surface area contributed by atoms with E-state index in [1.807, 2.05) is 31.2 Å². The number of ether oxygens (including phenoxy) is 1. The van der Waals surface area contributed by atoms with Crippen LogP contribution in [0.4, 0.5) is 16.2 Å². The molecule has 2 amide bonds. The summed E-state index contributed by atoms with van der Waals surface area (Å²) in [6.07, 6.45) is 1.05. The highest BCUT2D eigenvalue weighted by Crippen LogP contribution is 2.20. The van der Waals surface area contributed by atoms with Crippen molar-refractivity contribution in [3.63, 3.8) is 0 Å². The zero-order chi connectivity index (χ0) is 15.8. The Morgan fingerprint density at radius 3 is 2.91 bits per heavy atom. The van der Waals surface area contributed by atoms with E-state index in [0.29, 0.717) is 6.42 Å². The van der Waals surface area contributed by atoms with Crippen LogP contribution >= 0.6 is 0 Å². The van der Waals surface area contributed by atoms with Crippen molar-refractivity contribution in [1.82, 2.24) is 5.32 Å². The lowest BCUT2D eigenvalue weighted by molar-refractivity contribution is 0.122. The minimum atomic E-state index is -0.277. The Morgan fingerprint density at radius 2 is 2.23 bits per heavy atom. The Hall–Kier alpha value is -2.26. The summed E-state index contributed by atoms with van der Waals surface area (Å²) in [6, 6.07) is 9.45. The smallest absolute Gasteiger partial charge is 0.319 e. The van der Waals surface area contributed by atoms with Gasteiger partial charge in [0.25, 0.3) is 0 Å². The van der Waals surface area contributed by atoms with Crippen molar-refractivity contribution in [2.24, 2.45) is 0 Å². The number of morpholine rings is 1. The van der Waals surface area contributed by atoms with E-state index in [1.54, 1.807) is 0 Å². The lowest BCUT2D eigenvalue weighted by Gasteiger charge is -2.29. The molecule has 118 valence electrons. The Kier molecular flexibility index (Phi) is 6.04. The van der Waals surface area contributed by atoms with E-state index < -0.39 is 0 Å². The monoisotopic (exact) mass is 302 g/mol. The molecule has 6 nitrogen and oxygen atoms in total. The minimum Gasteiger partial charge on any atom is -0.378 e. The van der Waals surface area contributed by atoms with Crippen LogP contribution in [0, 0.1) is 11.3 Å². The second kappa shape index (κ2) is 8.25. The van der Waals surface area contributed by atoms with Crippen LogP contribution in [0.25, 0.3) is 0 Å².